The third-order valence-electron chi connectivity index (χ3n) is 3.83. The molecule has 2 aromatic rings. The minimum atomic E-state index is -0.854. The average Bonchev–Trinajstić information content (AvgIpc) is 2.68. The van der Waals surface area contributed by atoms with Gasteiger partial charge >= 0.3 is 6.09 Å². The maximum Gasteiger partial charge on any atom is 0.407 e. The molecule has 2 N–H and O–H groups in total. The number of carbonyl (C=O) groups excluding carboxylic acids is 2. The first-order valence-electron chi connectivity index (χ1n) is 9.50. The van der Waals surface area contributed by atoms with Crippen LogP contribution in [0.2, 0.25) is 0 Å². The number of nitrogens with one attached hydrogen (secondary N) is 2. The Labute approximate surface area is 174 Å². The fraction of sp³-hybridized carbons (Fsp3) is 0.318. The van der Waals surface area contributed by atoms with Gasteiger partial charge in [0.25, 0.3) is 5.91 Å². The van der Waals surface area contributed by atoms with Crippen LogP contribution < -0.4 is 10.7 Å². The second kappa shape index (κ2) is 10.5. The molecule has 0 saturated heterocycles. The number of benzene rings is 2. The van der Waals surface area contributed by atoms with Crippen LogP contribution in [0.5, 0.6) is 0 Å². The fourth-order valence-electron chi connectivity index (χ4n) is 2.51. The Kier molecular flexibility index (Phi) is 8.03. The molecular weight excluding hydrogens is 392 g/mol. The molecule has 0 aromatic heterocycles. The van der Waals surface area contributed by atoms with Gasteiger partial charge in [0.1, 0.15) is 17.2 Å². The molecule has 0 saturated carbocycles. The number of ether oxygens (including phenoxy) is 1. The lowest BCUT2D eigenvalue weighted by molar-refractivity contribution is 0.0527. The average molecular weight is 417 g/mol. The lowest BCUT2D eigenvalue weighted by Crippen LogP contribution is -2.33. The van der Waals surface area contributed by atoms with Crippen LogP contribution in [0, 0.1) is 11.6 Å². The summed E-state index contributed by atoms with van der Waals surface area (Å²) in [7, 11) is 0. The summed E-state index contributed by atoms with van der Waals surface area (Å²) in [5.74, 6) is -2.42. The Hall–Kier alpha value is -3.29. The fourth-order valence-corrected chi connectivity index (χ4v) is 2.51. The third-order valence-corrected chi connectivity index (χ3v) is 3.83. The van der Waals surface area contributed by atoms with Crippen molar-refractivity contribution in [1.29, 1.82) is 0 Å². The number of rotatable bonds is 7. The van der Waals surface area contributed by atoms with Gasteiger partial charge in [0, 0.05) is 6.54 Å². The molecule has 6 nitrogen and oxygen atoms in total. The topological polar surface area (TPSA) is 79.8 Å². The van der Waals surface area contributed by atoms with Crippen LogP contribution in [0.25, 0.3) is 0 Å². The summed E-state index contributed by atoms with van der Waals surface area (Å²) in [5.41, 5.74) is 2.55. The summed E-state index contributed by atoms with van der Waals surface area (Å²) < 4.78 is 32.3. The first-order chi connectivity index (χ1) is 14.2. The monoisotopic (exact) mass is 417 g/mol. The zero-order chi connectivity index (χ0) is 22.1. The Balaban J connectivity index is 2.02. The largest absolute Gasteiger partial charge is 0.444 e. The number of hydrazone groups is 1. The highest BCUT2D eigenvalue weighted by atomic mass is 19.1. The molecule has 8 heteroatoms. The van der Waals surface area contributed by atoms with E-state index in [2.05, 4.69) is 15.8 Å². The van der Waals surface area contributed by atoms with Crippen LogP contribution in [-0.2, 0) is 4.74 Å². The van der Waals surface area contributed by atoms with E-state index in [1.54, 1.807) is 20.8 Å². The molecule has 0 radical (unpaired) electrons. The molecule has 0 fully saturated rings. The highest BCUT2D eigenvalue weighted by Gasteiger charge is 2.16. The molecule has 0 aliphatic carbocycles. The Morgan fingerprint density at radius 1 is 1.07 bits per heavy atom. The van der Waals surface area contributed by atoms with Crippen LogP contribution >= 0.6 is 0 Å². The van der Waals surface area contributed by atoms with E-state index in [4.69, 9.17) is 4.74 Å². The van der Waals surface area contributed by atoms with E-state index in [1.165, 1.54) is 0 Å². The number of alkyl carbamates (subject to hydrolysis) is 1. The van der Waals surface area contributed by atoms with E-state index in [0.717, 1.165) is 23.8 Å². The minimum Gasteiger partial charge on any atom is -0.444 e. The van der Waals surface area contributed by atoms with Crippen molar-refractivity contribution < 1.29 is 23.1 Å². The van der Waals surface area contributed by atoms with Crippen molar-refractivity contribution in [3.8, 4) is 0 Å². The first-order valence-corrected chi connectivity index (χ1v) is 9.50. The molecular formula is C22H25F2N3O3. The molecule has 0 spiro atoms. The van der Waals surface area contributed by atoms with Gasteiger partial charge in [-0.2, -0.15) is 5.10 Å². The van der Waals surface area contributed by atoms with Gasteiger partial charge in [-0.3, -0.25) is 4.79 Å². The van der Waals surface area contributed by atoms with Crippen LogP contribution in [-0.4, -0.2) is 29.9 Å². The van der Waals surface area contributed by atoms with Crippen molar-refractivity contribution in [2.75, 3.05) is 6.54 Å². The smallest absolute Gasteiger partial charge is 0.407 e. The molecule has 30 heavy (non-hydrogen) atoms. The van der Waals surface area contributed by atoms with E-state index in [9.17, 15) is 18.4 Å². The number of hydrogen-bond donors (Lipinski definition) is 2. The van der Waals surface area contributed by atoms with Crippen LogP contribution in [0.1, 0.15) is 49.5 Å². The number of hydrogen-bond acceptors (Lipinski definition) is 4. The molecule has 160 valence electrons. The zero-order valence-electron chi connectivity index (χ0n) is 17.2. The van der Waals surface area contributed by atoms with Gasteiger partial charge in [0.2, 0.25) is 0 Å². The van der Waals surface area contributed by atoms with Crippen molar-refractivity contribution in [3.63, 3.8) is 0 Å². The molecule has 0 aliphatic rings. The van der Waals surface area contributed by atoms with E-state index < -0.39 is 34.8 Å². The predicted molar refractivity (Wildman–Crippen MR) is 110 cm³/mol. The van der Waals surface area contributed by atoms with Crippen molar-refractivity contribution >= 4 is 17.7 Å². The van der Waals surface area contributed by atoms with Gasteiger partial charge in [-0.05, 0) is 57.4 Å². The Bertz CT molecular complexity index is 910. The number of amides is 2. The second-order valence-electron chi connectivity index (χ2n) is 7.52. The maximum absolute atomic E-state index is 13.8. The molecule has 2 amide bonds. The highest BCUT2D eigenvalue weighted by molar-refractivity contribution is 6.02. The summed E-state index contributed by atoms with van der Waals surface area (Å²) in [6, 6.07) is 11.7. The van der Waals surface area contributed by atoms with Gasteiger partial charge in [-0.25, -0.2) is 19.0 Å². The van der Waals surface area contributed by atoms with Crippen LogP contribution in [0.15, 0.2) is 53.6 Å². The molecule has 2 rings (SSSR count). The Morgan fingerprint density at radius 2 is 1.77 bits per heavy atom. The van der Waals surface area contributed by atoms with E-state index in [1.807, 2.05) is 30.3 Å². The third kappa shape index (κ3) is 7.62. The van der Waals surface area contributed by atoms with Gasteiger partial charge in [-0.1, -0.05) is 30.3 Å². The van der Waals surface area contributed by atoms with E-state index in [0.29, 0.717) is 25.1 Å². The van der Waals surface area contributed by atoms with Gasteiger partial charge in [-0.15, -0.1) is 0 Å². The molecule has 0 bridgehead atoms. The van der Waals surface area contributed by atoms with Gasteiger partial charge in [0.15, 0.2) is 0 Å². The minimum absolute atomic E-state index is 0.341. The van der Waals surface area contributed by atoms with E-state index >= 15 is 0 Å². The highest BCUT2D eigenvalue weighted by Crippen LogP contribution is 2.11. The van der Waals surface area contributed by atoms with Crippen LogP contribution in [0.3, 0.4) is 0 Å². The molecule has 2 aromatic carbocycles. The number of nitrogens with zero attached hydrogens (tertiary/aromatic N) is 1. The SMILES string of the molecule is CC(C)(C)OC(=O)NCCC/C(=N\NC(=O)c1cc(F)ccc1F)c1ccccc1. The molecule has 0 atom stereocenters. The van der Waals surface area contributed by atoms with E-state index in [-0.39, 0.29) is 0 Å². The predicted octanol–water partition coefficient (Wildman–Crippen LogP) is 4.40. The van der Waals surface area contributed by atoms with Crippen molar-refractivity contribution in [2.45, 2.75) is 39.2 Å². The summed E-state index contributed by atoms with van der Waals surface area (Å²) in [6.07, 6.45) is 0.429. The Morgan fingerprint density at radius 3 is 2.43 bits per heavy atom. The van der Waals surface area contributed by atoms with Crippen molar-refractivity contribution in [2.24, 2.45) is 5.10 Å². The van der Waals surface area contributed by atoms with Crippen molar-refractivity contribution in [3.05, 3.63) is 71.3 Å². The van der Waals surface area contributed by atoms with Crippen molar-refractivity contribution in [1.82, 2.24) is 10.7 Å². The standard InChI is InChI=1S/C22H25F2N3O3/c1-22(2,3)30-21(29)25-13-7-10-19(15-8-5-4-6-9-15)26-27-20(28)17-14-16(23)11-12-18(17)24/h4-6,8-9,11-12,14H,7,10,13H2,1-3H3,(H,25,29)(H,27,28)/b26-19+. The summed E-state index contributed by atoms with van der Waals surface area (Å²) in [4.78, 5) is 23.9. The normalized spacial score (nSPS) is 11.7. The lowest BCUT2D eigenvalue weighted by Gasteiger charge is -2.19. The summed E-state index contributed by atoms with van der Waals surface area (Å²) in [6.45, 7) is 5.66. The first kappa shape index (κ1) is 23.0. The lowest BCUT2D eigenvalue weighted by atomic mass is 10.1. The molecule has 0 aliphatic heterocycles. The number of halogens is 2. The van der Waals surface area contributed by atoms with Gasteiger partial charge in [0.05, 0.1) is 11.3 Å². The molecule has 0 unspecified atom stereocenters. The van der Waals surface area contributed by atoms with Crippen LogP contribution in [0.4, 0.5) is 13.6 Å². The zero-order valence-corrected chi connectivity index (χ0v) is 17.2. The second-order valence-corrected chi connectivity index (χ2v) is 7.52. The van der Waals surface area contributed by atoms with Gasteiger partial charge < -0.3 is 10.1 Å². The summed E-state index contributed by atoms with van der Waals surface area (Å²) in [5, 5.41) is 6.76. The summed E-state index contributed by atoms with van der Waals surface area (Å²) >= 11 is 0. The quantitative estimate of drug-likeness (QED) is 0.398. The number of carbonyl (C=O) groups is 2. The maximum atomic E-state index is 13.8. The molecule has 0 heterocycles.